The molecule has 0 amide bonds. The molecule has 6 heteroatoms. The summed E-state index contributed by atoms with van der Waals surface area (Å²) in [6, 6.07) is 2.38. The minimum atomic E-state index is -0.0983. The number of piperidine rings is 1. The number of ether oxygens (including phenoxy) is 1. The monoisotopic (exact) mass is 281 g/mol. The molecular weight excluding hydrogens is 258 g/mol. The maximum Gasteiger partial charge on any atom is 0.162 e. The fourth-order valence-electron chi connectivity index (χ4n) is 3.03. The molecule has 6 nitrogen and oxygen atoms in total. The van der Waals surface area contributed by atoms with Crippen LogP contribution >= 0.6 is 0 Å². The van der Waals surface area contributed by atoms with Gasteiger partial charge < -0.3 is 24.6 Å². The second kappa shape index (κ2) is 5.81. The van der Waals surface area contributed by atoms with E-state index in [1.54, 1.807) is 0 Å². The lowest BCUT2D eigenvalue weighted by molar-refractivity contribution is -0.0823. The zero-order valence-electron chi connectivity index (χ0n) is 12.0. The summed E-state index contributed by atoms with van der Waals surface area (Å²) in [5.41, 5.74) is 0.877. The molecule has 2 aliphatic heterocycles. The first-order valence-corrected chi connectivity index (χ1v) is 7.28. The second-order valence-corrected chi connectivity index (χ2v) is 6.11. The van der Waals surface area contributed by atoms with Crippen molar-refractivity contribution in [3.8, 4) is 0 Å². The SMILES string of the molecule is CN1CCC(NC2(Cc3cc(CO)on3)COC2)CC1. The van der Waals surface area contributed by atoms with Gasteiger partial charge in [-0.05, 0) is 33.0 Å². The van der Waals surface area contributed by atoms with Crippen LogP contribution in [-0.2, 0) is 17.8 Å². The van der Waals surface area contributed by atoms with E-state index >= 15 is 0 Å². The van der Waals surface area contributed by atoms with Gasteiger partial charge in [0.25, 0.3) is 0 Å². The predicted octanol–water partition coefficient (Wildman–Crippen LogP) is 0.162. The van der Waals surface area contributed by atoms with Crippen LogP contribution in [0.4, 0.5) is 0 Å². The van der Waals surface area contributed by atoms with Crippen LogP contribution in [0.2, 0.25) is 0 Å². The molecule has 0 spiro atoms. The summed E-state index contributed by atoms with van der Waals surface area (Å²) in [6.45, 7) is 3.64. The molecule has 0 bridgehead atoms. The number of nitrogens with one attached hydrogen (secondary N) is 1. The van der Waals surface area contributed by atoms with E-state index in [1.807, 2.05) is 6.07 Å². The van der Waals surface area contributed by atoms with Gasteiger partial charge in [0.15, 0.2) is 5.76 Å². The molecule has 1 aromatic rings. The highest BCUT2D eigenvalue weighted by Gasteiger charge is 2.41. The van der Waals surface area contributed by atoms with E-state index in [2.05, 4.69) is 22.4 Å². The molecule has 20 heavy (non-hydrogen) atoms. The van der Waals surface area contributed by atoms with Gasteiger partial charge in [-0.2, -0.15) is 0 Å². The minimum Gasteiger partial charge on any atom is -0.388 e. The highest BCUT2D eigenvalue weighted by Crippen LogP contribution is 2.25. The fraction of sp³-hybridized carbons (Fsp3) is 0.786. The first kappa shape index (κ1) is 14.0. The number of aromatic nitrogens is 1. The van der Waals surface area contributed by atoms with Gasteiger partial charge in [0.1, 0.15) is 6.61 Å². The smallest absolute Gasteiger partial charge is 0.162 e. The Morgan fingerprint density at radius 1 is 1.45 bits per heavy atom. The molecule has 2 N–H and O–H groups in total. The number of nitrogens with zero attached hydrogens (tertiary/aromatic N) is 2. The Labute approximate surface area is 119 Å². The van der Waals surface area contributed by atoms with Crippen molar-refractivity contribution in [3.63, 3.8) is 0 Å². The average molecular weight is 281 g/mol. The number of aliphatic hydroxyl groups is 1. The zero-order chi connectivity index (χ0) is 14.0. The van der Waals surface area contributed by atoms with Crippen LogP contribution in [0.1, 0.15) is 24.3 Å². The van der Waals surface area contributed by atoms with E-state index in [0.29, 0.717) is 11.8 Å². The summed E-state index contributed by atoms with van der Waals surface area (Å²) in [6.07, 6.45) is 3.15. The van der Waals surface area contributed by atoms with Crippen LogP contribution in [-0.4, -0.2) is 60.1 Å². The number of hydrogen-bond donors (Lipinski definition) is 2. The number of aliphatic hydroxyl groups excluding tert-OH is 1. The Morgan fingerprint density at radius 3 is 2.75 bits per heavy atom. The van der Waals surface area contributed by atoms with E-state index in [4.69, 9.17) is 14.4 Å². The third-order valence-electron chi connectivity index (χ3n) is 4.27. The van der Waals surface area contributed by atoms with Crippen molar-refractivity contribution in [2.24, 2.45) is 0 Å². The Kier molecular flexibility index (Phi) is 4.07. The maximum atomic E-state index is 9.03. The van der Waals surface area contributed by atoms with Gasteiger partial charge in [0.05, 0.1) is 24.4 Å². The number of likely N-dealkylation sites (tertiary alicyclic amines) is 1. The van der Waals surface area contributed by atoms with E-state index in [9.17, 15) is 0 Å². The van der Waals surface area contributed by atoms with Crippen LogP contribution < -0.4 is 5.32 Å². The topological polar surface area (TPSA) is 70.8 Å². The lowest BCUT2D eigenvalue weighted by atomic mass is 9.88. The molecule has 0 saturated carbocycles. The molecule has 0 atom stereocenters. The van der Waals surface area contributed by atoms with Crippen molar-refractivity contribution >= 4 is 0 Å². The summed E-state index contributed by atoms with van der Waals surface area (Å²) in [7, 11) is 2.17. The number of hydrogen-bond acceptors (Lipinski definition) is 6. The van der Waals surface area contributed by atoms with Crippen molar-refractivity contribution in [1.29, 1.82) is 0 Å². The lowest BCUT2D eigenvalue weighted by Gasteiger charge is -2.45. The van der Waals surface area contributed by atoms with E-state index in [-0.39, 0.29) is 12.1 Å². The van der Waals surface area contributed by atoms with Crippen molar-refractivity contribution < 1.29 is 14.4 Å². The quantitative estimate of drug-likeness (QED) is 0.801. The lowest BCUT2D eigenvalue weighted by Crippen LogP contribution is -2.65. The van der Waals surface area contributed by atoms with Crippen LogP contribution in [0, 0.1) is 0 Å². The van der Waals surface area contributed by atoms with E-state index in [1.165, 1.54) is 12.8 Å². The summed E-state index contributed by atoms with van der Waals surface area (Å²) in [5, 5.41) is 16.8. The largest absolute Gasteiger partial charge is 0.388 e. The molecule has 0 radical (unpaired) electrons. The standard InChI is InChI=1S/C14H23N3O3/c1-17-4-2-11(3-5-17)15-14(9-19-10-14)7-12-6-13(8-18)20-16-12/h6,11,15,18H,2-5,7-10H2,1H3. The van der Waals surface area contributed by atoms with Gasteiger partial charge in [0.2, 0.25) is 0 Å². The van der Waals surface area contributed by atoms with Gasteiger partial charge >= 0.3 is 0 Å². The molecule has 0 aromatic carbocycles. The first-order valence-electron chi connectivity index (χ1n) is 7.28. The molecule has 0 aliphatic carbocycles. The molecule has 3 heterocycles. The molecule has 1 aromatic heterocycles. The Balaban J connectivity index is 1.59. The molecule has 0 unspecified atom stereocenters. The highest BCUT2D eigenvalue weighted by molar-refractivity contribution is 5.12. The predicted molar refractivity (Wildman–Crippen MR) is 73.3 cm³/mol. The third kappa shape index (κ3) is 3.03. The summed E-state index contributed by atoms with van der Waals surface area (Å²) >= 11 is 0. The van der Waals surface area contributed by atoms with Crippen molar-refractivity contribution in [1.82, 2.24) is 15.4 Å². The van der Waals surface area contributed by atoms with Crippen LogP contribution in [0.3, 0.4) is 0 Å². The van der Waals surface area contributed by atoms with Gasteiger partial charge in [-0.3, -0.25) is 0 Å². The van der Waals surface area contributed by atoms with Gasteiger partial charge in [-0.1, -0.05) is 5.16 Å². The molecule has 2 saturated heterocycles. The summed E-state index contributed by atoms with van der Waals surface area (Å²) in [4.78, 5) is 2.37. The molecular formula is C14H23N3O3. The van der Waals surface area contributed by atoms with Gasteiger partial charge in [0, 0.05) is 18.5 Å². The van der Waals surface area contributed by atoms with E-state index in [0.717, 1.165) is 38.4 Å². The van der Waals surface area contributed by atoms with Gasteiger partial charge in [-0.25, -0.2) is 0 Å². The fourth-order valence-corrected chi connectivity index (χ4v) is 3.03. The first-order chi connectivity index (χ1) is 9.69. The molecule has 2 aliphatic rings. The van der Waals surface area contributed by atoms with Crippen LogP contribution in [0.15, 0.2) is 10.6 Å². The normalized spacial score (nSPS) is 23.7. The second-order valence-electron chi connectivity index (χ2n) is 6.11. The van der Waals surface area contributed by atoms with E-state index < -0.39 is 0 Å². The molecule has 112 valence electrons. The molecule has 3 rings (SSSR count). The Bertz CT molecular complexity index is 437. The third-order valence-corrected chi connectivity index (χ3v) is 4.27. The van der Waals surface area contributed by atoms with Crippen molar-refractivity contribution in [3.05, 3.63) is 17.5 Å². The van der Waals surface area contributed by atoms with Gasteiger partial charge in [-0.15, -0.1) is 0 Å². The number of rotatable bonds is 5. The Hall–Kier alpha value is -0.950. The molecule has 2 fully saturated rings. The zero-order valence-corrected chi connectivity index (χ0v) is 12.0. The summed E-state index contributed by atoms with van der Waals surface area (Å²) in [5.74, 6) is 0.523. The average Bonchev–Trinajstić information content (AvgIpc) is 2.86. The summed E-state index contributed by atoms with van der Waals surface area (Å²) < 4.78 is 10.5. The minimum absolute atomic E-state index is 0.00974. The van der Waals surface area contributed by atoms with Crippen molar-refractivity contribution in [2.75, 3.05) is 33.4 Å². The van der Waals surface area contributed by atoms with Crippen LogP contribution in [0.25, 0.3) is 0 Å². The Morgan fingerprint density at radius 2 is 2.20 bits per heavy atom. The highest BCUT2D eigenvalue weighted by atomic mass is 16.5. The van der Waals surface area contributed by atoms with Crippen molar-refractivity contribution in [2.45, 2.75) is 37.5 Å². The maximum absolute atomic E-state index is 9.03. The van der Waals surface area contributed by atoms with Crippen LogP contribution in [0.5, 0.6) is 0 Å².